The molecule has 2 heterocycles. The van der Waals surface area contributed by atoms with E-state index in [1.54, 1.807) is 7.05 Å². The van der Waals surface area contributed by atoms with E-state index in [1.807, 2.05) is 18.2 Å². The van der Waals surface area contributed by atoms with Crippen LogP contribution in [-0.2, 0) is 9.53 Å². The highest BCUT2D eigenvalue weighted by atomic mass is 127. The second-order valence-electron chi connectivity index (χ2n) is 8.16. The lowest BCUT2D eigenvalue weighted by Gasteiger charge is -2.39. The van der Waals surface area contributed by atoms with Crippen LogP contribution in [0.2, 0.25) is 0 Å². The van der Waals surface area contributed by atoms with Crippen LogP contribution < -0.4 is 16.0 Å². The summed E-state index contributed by atoms with van der Waals surface area (Å²) in [6, 6.07) is 8.51. The molecule has 1 aromatic carbocycles. The Labute approximate surface area is 203 Å². The number of hydrogen-bond donors (Lipinski definition) is 3. The predicted molar refractivity (Wildman–Crippen MR) is 137 cm³/mol. The number of halogens is 1. The fourth-order valence-electron chi connectivity index (χ4n) is 4.66. The number of para-hydroxylation sites is 1. The third kappa shape index (κ3) is 7.05. The molecule has 0 aromatic heterocycles. The smallest absolute Gasteiger partial charge is 0.225 e. The zero-order valence-electron chi connectivity index (χ0n) is 19.0. The number of rotatable bonds is 8. The van der Waals surface area contributed by atoms with Crippen LogP contribution in [-0.4, -0.2) is 69.2 Å². The van der Waals surface area contributed by atoms with Gasteiger partial charge < -0.3 is 20.7 Å². The maximum absolute atomic E-state index is 12.1. The van der Waals surface area contributed by atoms with Gasteiger partial charge in [0.05, 0.1) is 13.2 Å². The summed E-state index contributed by atoms with van der Waals surface area (Å²) in [5.41, 5.74) is 2.10. The van der Waals surface area contributed by atoms with Crippen molar-refractivity contribution in [1.82, 2.24) is 15.5 Å². The van der Waals surface area contributed by atoms with Crippen LogP contribution in [0.1, 0.15) is 44.6 Å². The van der Waals surface area contributed by atoms with E-state index < -0.39 is 0 Å². The van der Waals surface area contributed by atoms with Gasteiger partial charge in [0.15, 0.2) is 5.96 Å². The van der Waals surface area contributed by atoms with Crippen molar-refractivity contribution >= 4 is 41.5 Å². The molecule has 1 fully saturated rings. The minimum Gasteiger partial charge on any atom is -0.379 e. The molecule has 1 aromatic rings. The monoisotopic (exact) mass is 543 g/mol. The third-order valence-electron chi connectivity index (χ3n) is 6.43. The van der Waals surface area contributed by atoms with Gasteiger partial charge in [0.2, 0.25) is 5.91 Å². The van der Waals surface area contributed by atoms with E-state index in [1.165, 1.54) is 18.4 Å². The van der Waals surface area contributed by atoms with Gasteiger partial charge in [0.1, 0.15) is 0 Å². The van der Waals surface area contributed by atoms with Gasteiger partial charge >= 0.3 is 0 Å². The summed E-state index contributed by atoms with van der Waals surface area (Å²) in [7, 11) is 1.80. The molecule has 1 saturated heterocycles. The van der Waals surface area contributed by atoms with Crippen LogP contribution in [0.3, 0.4) is 0 Å². The number of morpholine rings is 1. The maximum atomic E-state index is 12.1. The Kier molecular flexibility index (Phi) is 11.0. The number of fused-ring (bicyclic) bond motifs is 1. The minimum absolute atomic E-state index is 0. The Morgan fingerprint density at radius 1 is 1.23 bits per heavy atom. The lowest BCUT2D eigenvalue weighted by atomic mass is 9.90. The number of guanidine groups is 1. The average molecular weight is 543 g/mol. The van der Waals surface area contributed by atoms with E-state index in [0.29, 0.717) is 24.9 Å². The van der Waals surface area contributed by atoms with Gasteiger partial charge in [-0.15, -0.1) is 24.0 Å². The predicted octanol–water partition coefficient (Wildman–Crippen LogP) is 3.03. The summed E-state index contributed by atoms with van der Waals surface area (Å²) in [5.74, 6) is 1.65. The summed E-state index contributed by atoms with van der Waals surface area (Å²) >= 11 is 0. The fourth-order valence-corrected chi connectivity index (χ4v) is 4.66. The zero-order valence-corrected chi connectivity index (χ0v) is 21.4. The van der Waals surface area contributed by atoms with Gasteiger partial charge in [-0.3, -0.25) is 14.7 Å². The molecule has 0 spiro atoms. The fraction of sp³-hybridized carbons (Fsp3) is 0.652. The molecule has 2 aliphatic rings. The Hall–Kier alpha value is -1.39. The molecule has 0 radical (unpaired) electrons. The van der Waals surface area contributed by atoms with Crippen molar-refractivity contribution in [1.29, 1.82) is 0 Å². The molecule has 7 nitrogen and oxygen atoms in total. The van der Waals surface area contributed by atoms with Crippen molar-refractivity contribution in [3.05, 3.63) is 29.8 Å². The number of aliphatic imine (C=N–C) groups is 1. The SMILES string of the molecule is CCC(CC)C(CNC(=NC)NCC1CC(=O)Nc2ccccc21)N1CCOCC1.I. The van der Waals surface area contributed by atoms with E-state index in [-0.39, 0.29) is 35.8 Å². The normalized spacial score (nSPS) is 20.5. The first-order chi connectivity index (χ1) is 14.7. The lowest BCUT2D eigenvalue weighted by molar-refractivity contribution is -0.116. The van der Waals surface area contributed by atoms with Crippen LogP contribution in [0.25, 0.3) is 0 Å². The largest absolute Gasteiger partial charge is 0.379 e. The summed E-state index contributed by atoms with van der Waals surface area (Å²) in [4.78, 5) is 19.1. The molecular weight excluding hydrogens is 505 g/mol. The second-order valence-corrected chi connectivity index (χ2v) is 8.16. The van der Waals surface area contributed by atoms with Crippen molar-refractivity contribution in [2.45, 2.75) is 45.1 Å². The number of anilines is 1. The van der Waals surface area contributed by atoms with Crippen LogP contribution in [0.4, 0.5) is 5.69 Å². The number of nitrogens with one attached hydrogen (secondary N) is 3. The van der Waals surface area contributed by atoms with Gasteiger partial charge in [0, 0.05) is 57.3 Å². The van der Waals surface area contributed by atoms with Gasteiger partial charge in [-0.2, -0.15) is 0 Å². The van der Waals surface area contributed by atoms with E-state index in [0.717, 1.165) is 44.5 Å². The number of amides is 1. The molecule has 0 aliphatic carbocycles. The summed E-state index contributed by atoms with van der Waals surface area (Å²) < 4.78 is 5.56. The lowest BCUT2D eigenvalue weighted by Crippen LogP contribution is -2.53. The van der Waals surface area contributed by atoms with Crippen molar-refractivity contribution < 1.29 is 9.53 Å². The number of ether oxygens (including phenoxy) is 1. The van der Waals surface area contributed by atoms with Crippen molar-refractivity contribution in [3.63, 3.8) is 0 Å². The molecular formula is C23H38IN5O2. The van der Waals surface area contributed by atoms with E-state index in [9.17, 15) is 4.79 Å². The highest BCUT2D eigenvalue weighted by Gasteiger charge is 2.28. The van der Waals surface area contributed by atoms with Crippen molar-refractivity contribution in [2.24, 2.45) is 10.9 Å². The summed E-state index contributed by atoms with van der Waals surface area (Å²) in [6.45, 7) is 9.69. The first kappa shape index (κ1) is 25.9. The maximum Gasteiger partial charge on any atom is 0.225 e. The Balaban J connectivity index is 0.00000341. The Morgan fingerprint density at radius 3 is 2.61 bits per heavy atom. The highest BCUT2D eigenvalue weighted by Crippen LogP contribution is 2.31. The van der Waals surface area contributed by atoms with Gasteiger partial charge in [-0.1, -0.05) is 44.9 Å². The number of carbonyl (C=O) groups is 1. The van der Waals surface area contributed by atoms with Crippen molar-refractivity contribution in [2.75, 3.05) is 51.8 Å². The minimum atomic E-state index is 0. The number of carbonyl (C=O) groups excluding carboxylic acids is 1. The number of nitrogens with zero attached hydrogens (tertiary/aromatic N) is 2. The standard InChI is InChI=1S/C23H37N5O2.HI/c1-4-17(5-2)21(28-10-12-30-13-11-28)16-26-23(24-3)25-15-18-14-22(29)27-20-9-7-6-8-19(18)20;/h6-9,17-18,21H,4-5,10-16H2,1-3H3,(H,27,29)(H2,24,25,26);1H. The quantitative estimate of drug-likeness (QED) is 0.267. The average Bonchev–Trinajstić information content (AvgIpc) is 2.78. The van der Waals surface area contributed by atoms with Crippen LogP contribution >= 0.6 is 24.0 Å². The number of benzene rings is 1. The van der Waals surface area contributed by atoms with E-state index in [2.05, 4.69) is 45.8 Å². The summed E-state index contributed by atoms with van der Waals surface area (Å²) in [6.07, 6.45) is 2.82. The summed E-state index contributed by atoms with van der Waals surface area (Å²) in [5, 5.41) is 9.96. The number of hydrogen-bond acceptors (Lipinski definition) is 4. The topological polar surface area (TPSA) is 78.0 Å². The third-order valence-corrected chi connectivity index (χ3v) is 6.43. The Morgan fingerprint density at radius 2 is 1.94 bits per heavy atom. The molecule has 0 saturated carbocycles. The molecule has 1 amide bonds. The molecule has 3 rings (SSSR count). The molecule has 31 heavy (non-hydrogen) atoms. The highest BCUT2D eigenvalue weighted by molar-refractivity contribution is 14.0. The molecule has 3 N–H and O–H groups in total. The van der Waals surface area contributed by atoms with Crippen LogP contribution in [0.5, 0.6) is 0 Å². The van der Waals surface area contributed by atoms with Crippen molar-refractivity contribution in [3.8, 4) is 0 Å². The molecule has 2 aliphatic heterocycles. The van der Waals surface area contributed by atoms with Crippen LogP contribution in [0.15, 0.2) is 29.3 Å². The molecule has 174 valence electrons. The first-order valence-corrected chi connectivity index (χ1v) is 11.3. The first-order valence-electron chi connectivity index (χ1n) is 11.3. The van der Waals surface area contributed by atoms with E-state index in [4.69, 9.17) is 4.74 Å². The van der Waals surface area contributed by atoms with Crippen LogP contribution in [0, 0.1) is 5.92 Å². The second kappa shape index (κ2) is 13.2. The van der Waals surface area contributed by atoms with Gasteiger partial charge in [-0.25, -0.2) is 0 Å². The molecule has 8 heteroatoms. The molecule has 2 unspecified atom stereocenters. The Bertz CT molecular complexity index is 720. The van der Waals surface area contributed by atoms with E-state index >= 15 is 0 Å². The van der Waals surface area contributed by atoms with Gasteiger partial charge in [0.25, 0.3) is 0 Å². The van der Waals surface area contributed by atoms with Gasteiger partial charge in [-0.05, 0) is 17.5 Å². The molecule has 2 atom stereocenters. The molecule has 0 bridgehead atoms. The zero-order chi connectivity index (χ0) is 21.3.